The molecule has 0 aliphatic carbocycles. The van der Waals surface area contributed by atoms with Crippen molar-refractivity contribution in [2.45, 2.75) is 6.92 Å². The molecule has 0 aliphatic rings. The van der Waals surface area contributed by atoms with Crippen LogP contribution in [0.2, 0.25) is 0 Å². The number of aromatic hydroxyl groups is 1. The molecule has 2 heterocycles. The van der Waals surface area contributed by atoms with Crippen LogP contribution in [0, 0.1) is 6.92 Å². The topological polar surface area (TPSA) is 46.0 Å². The van der Waals surface area contributed by atoms with Gasteiger partial charge in [-0.05, 0) is 19.1 Å². The minimum atomic E-state index is 0.257. The highest BCUT2D eigenvalue weighted by molar-refractivity contribution is 7.13. The molecule has 3 aromatic rings. The van der Waals surface area contributed by atoms with Crippen molar-refractivity contribution in [3.63, 3.8) is 0 Å². The van der Waals surface area contributed by atoms with Gasteiger partial charge in [-0.25, -0.2) is 9.97 Å². The molecular weight excluding hydrogens is 264 g/mol. The molecule has 0 saturated carbocycles. The number of rotatable bonds is 2. The van der Waals surface area contributed by atoms with Gasteiger partial charge in [-0.15, -0.1) is 22.7 Å². The Kier molecular flexibility index (Phi) is 2.85. The Morgan fingerprint density at radius 2 is 1.72 bits per heavy atom. The third kappa shape index (κ3) is 2.02. The fourth-order valence-corrected chi connectivity index (χ4v) is 3.10. The number of aromatic nitrogens is 2. The molecule has 2 aromatic heterocycles. The van der Waals surface area contributed by atoms with Gasteiger partial charge in [0, 0.05) is 10.8 Å². The maximum Gasteiger partial charge on any atom is 0.127 e. The van der Waals surface area contributed by atoms with Gasteiger partial charge in [0.1, 0.15) is 22.1 Å². The Hall–Kier alpha value is -1.72. The maximum absolute atomic E-state index is 9.80. The summed E-state index contributed by atoms with van der Waals surface area (Å²) in [5.74, 6) is 0.257. The minimum Gasteiger partial charge on any atom is -0.507 e. The van der Waals surface area contributed by atoms with Gasteiger partial charge in [-0.1, -0.05) is 12.1 Å². The number of phenolic OH excluding ortho intramolecular Hbond substituents is 1. The standard InChI is InChI=1S/C13H10N2OS2/c1-8-14-10(6-17-8)11-7-18-13(15-11)9-4-2-3-5-12(9)16/h2-7,16H,1H3. The molecule has 1 aromatic carbocycles. The van der Waals surface area contributed by atoms with Crippen LogP contribution in [0.4, 0.5) is 0 Å². The van der Waals surface area contributed by atoms with E-state index in [4.69, 9.17) is 0 Å². The molecule has 0 saturated heterocycles. The number of hydrogen-bond donors (Lipinski definition) is 1. The van der Waals surface area contributed by atoms with Crippen LogP contribution in [-0.4, -0.2) is 15.1 Å². The van der Waals surface area contributed by atoms with Crippen molar-refractivity contribution in [2.24, 2.45) is 0 Å². The van der Waals surface area contributed by atoms with Crippen molar-refractivity contribution in [1.29, 1.82) is 0 Å². The van der Waals surface area contributed by atoms with E-state index in [9.17, 15) is 5.11 Å². The monoisotopic (exact) mass is 274 g/mol. The summed E-state index contributed by atoms with van der Waals surface area (Å²) in [6.07, 6.45) is 0. The lowest BCUT2D eigenvalue weighted by Crippen LogP contribution is -1.80. The van der Waals surface area contributed by atoms with Crippen LogP contribution in [-0.2, 0) is 0 Å². The van der Waals surface area contributed by atoms with Gasteiger partial charge in [-0.3, -0.25) is 0 Å². The molecule has 90 valence electrons. The summed E-state index contributed by atoms with van der Waals surface area (Å²) in [5.41, 5.74) is 2.53. The molecule has 18 heavy (non-hydrogen) atoms. The van der Waals surface area contributed by atoms with Gasteiger partial charge in [0.25, 0.3) is 0 Å². The van der Waals surface area contributed by atoms with Crippen molar-refractivity contribution in [3.8, 4) is 27.7 Å². The summed E-state index contributed by atoms with van der Waals surface area (Å²) in [4.78, 5) is 8.94. The lowest BCUT2D eigenvalue weighted by Gasteiger charge is -1.98. The summed E-state index contributed by atoms with van der Waals surface area (Å²) in [5, 5.41) is 15.6. The SMILES string of the molecule is Cc1nc(-c2csc(-c3ccccc3O)n2)cs1. The molecule has 0 radical (unpaired) electrons. The summed E-state index contributed by atoms with van der Waals surface area (Å²) >= 11 is 3.13. The number of phenols is 1. The van der Waals surface area contributed by atoms with Crippen LogP contribution in [0.1, 0.15) is 5.01 Å². The first-order valence-corrected chi connectivity index (χ1v) is 7.16. The van der Waals surface area contributed by atoms with E-state index in [-0.39, 0.29) is 5.75 Å². The van der Waals surface area contributed by atoms with Gasteiger partial charge < -0.3 is 5.11 Å². The molecule has 0 amide bonds. The fraction of sp³-hybridized carbons (Fsp3) is 0.0769. The average molecular weight is 274 g/mol. The lowest BCUT2D eigenvalue weighted by molar-refractivity contribution is 0.477. The molecule has 0 atom stereocenters. The van der Waals surface area contributed by atoms with E-state index < -0.39 is 0 Å². The largest absolute Gasteiger partial charge is 0.507 e. The van der Waals surface area contributed by atoms with Crippen molar-refractivity contribution < 1.29 is 5.11 Å². The molecule has 0 spiro atoms. The van der Waals surface area contributed by atoms with Gasteiger partial charge in [0.15, 0.2) is 0 Å². The Morgan fingerprint density at radius 3 is 2.44 bits per heavy atom. The number of nitrogens with zero attached hydrogens (tertiary/aromatic N) is 2. The fourth-order valence-electron chi connectivity index (χ4n) is 1.65. The van der Waals surface area contributed by atoms with Crippen LogP contribution in [0.25, 0.3) is 22.0 Å². The lowest BCUT2D eigenvalue weighted by atomic mass is 10.2. The van der Waals surface area contributed by atoms with Gasteiger partial charge >= 0.3 is 0 Å². The van der Waals surface area contributed by atoms with E-state index in [1.165, 1.54) is 11.3 Å². The third-order valence-corrected chi connectivity index (χ3v) is 4.17. The quantitative estimate of drug-likeness (QED) is 0.769. The highest BCUT2D eigenvalue weighted by Crippen LogP contribution is 2.33. The highest BCUT2D eigenvalue weighted by atomic mass is 32.1. The molecule has 3 nitrogen and oxygen atoms in total. The Balaban J connectivity index is 2.02. The normalized spacial score (nSPS) is 10.7. The second-order valence-corrected chi connectivity index (χ2v) is 5.73. The smallest absolute Gasteiger partial charge is 0.127 e. The maximum atomic E-state index is 9.80. The zero-order chi connectivity index (χ0) is 12.5. The van der Waals surface area contributed by atoms with Crippen LogP contribution in [0.15, 0.2) is 35.0 Å². The first-order chi connectivity index (χ1) is 8.74. The van der Waals surface area contributed by atoms with Gasteiger partial charge in [0.2, 0.25) is 0 Å². The van der Waals surface area contributed by atoms with Crippen molar-refractivity contribution in [3.05, 3.63) is 40.0 Å². The molecule has 3 rings (SSSR count). The van der Waals surface area contributed by atoms with E-state index in [0.717, 1.165) is 27.0 Å². The number of para-hydroxylation sites is 1. The minimum absolute atomic E-state index is 0.257. The van der Waals surface area contributed by atoms with Crippen molar-refractivity contribution in [1.82, 2.24) is 9.97 Å². The summed E-state index contributed by atoms with van der Waals surface area (Å²) in [6.45, 7) is 1.98. The third-order valence-electron chi connectivity index (χ3n) is 2.52. The molecule has 0 unspecified atom stereocenters. The number of aryl methyl sites for hydroxylation is 1. The van der Waals surface area contributed by atoms with E-state index >= 15 is 0 Å². The van der Waals surface area contributed by atoms with E-state index in [1.54, 1.807) is 23.5 Å². The second-order valence-electron chi connectivity index (χ2n) is 3.81. The molecule has 0 bridgehead atoms. The van der Waals surface area contributed by atoms with Crippen molar-refractivity contribution >= 4 is 22.7 Å². The summed E-state index contributed by atoms with van der Waals surface area (Å²) < 4.78 is 0. The van der Waals surface area contributed by atoms with E-state index in [1.807, 2.05) is 29.8 Å². The average Bonchev–Trinajstić information content (AvgIpc) is 2.98. The Morgan fingerprint density at radius 1 is 1.00 bits per heavy atom. The molecular formula is C13H10N2OS2. The summed E-state index contributed by atoms with van der Waals surface area (Å²) in [7, 11) is 0. The molecule has 0 aliphatic heterocycles. The van der Waals surface area contributed by atoms with Crippen molar-refractivity contribution in [2.75, 3.05) is 0 Å². The van der Waals surface area contributed by atoms with Crippen LogP contribution >= 0.6 is 22.7 Å². The predicted octanol–water partition coefficient (Wildman–Crippen LogP) is 3.95. The van der Waals surface area contributed by atoms with E-state index in [0.29, 0.717) is 0 Å². The first-order valence-electron chi connectivity index (χ1n) is 5.40. The van der Waals surface area contributed by atoms with Gasteiger partial charge in [0.05, 0.1) is 10.6 Å². The predicted molar refractivity (Wildman–Crippen MR) is 75.1 cm³/mol. The second kappa shape index (κ2) is 4.51. The Bertz CT molecular complexity index is 688. The zero-order valence-corrected chi connectivity index (χ0v) is 11.3. The highest BCUT2D eigenvalue weighted by Gasteiger charge is 2.11. The molecule has 5 heteroatoms. The zero-order valence-electron chi connectivity index (χ0n) is 9.62. The number of thiazole rings is 2. The summed E-state index contributed by atoms with van der Waals surface area (Å²) in [6, 6.07) is 7.23. The van der Waals surface area contributed by atoms with Crippen LogP contribution in [0.5, 0.6) is 5.75 Å². The number of hydrogen-bond acceptors (Lipinski definition) is 5. The van der Waals surface area contributed by atoms with Gasteiger partial charge in [-0.2, -0.15) is 0 Å². The van der Waals surface area contributed by atoms with Crippen LogP contribution in [0.3, 0.4) is 0 Å². The first kappa shape index (κ1) is 11.4. The van der Waals surface area contributed by atoms with Crippen LogP contribution < -0.4 is 0 Å². The Labute approximate surface area is 112 Å². The molecule has 0 fully saturated rings. The van der Waals surface area contributed by atoms with E-state index in [2.05, 4.69) is 9.97 Å². The molecule has 1 N–H and O–H groups in total. The number of benzene rings is 1.